The summed E-state index contributed by atoms with van der Waals surface area (Å²) in [6, 6.07) is 4.89. The molecule has 0 atom stereocenters. The third kappa shape index (κ3) is 4.44. The molecule has 0 aliphatic carbocycles. The minimum absolute atomic E-state index is 0.0755. The Morgan fingerprint density at radius 3 is 2.55 bits per heavy atom. The average Bonchev–Trinajstić information content (AvgIpc) is 2.38. The van der Waals surface area contributed by atoms with Crippen molar-refractivity contribution in [1.29, 1.82) is 0 Å². The van der Waals surface area contributed by atoms with Crippen LogP contribution >= 0.6 is 15.9 Å². The summed E-state index contributed by atoms with van der Waals surface area (Å²) in [5.41, 5.74) is 0. The van der Waals surface area contributed by atoms with Crippen molar-refractivity contribution in [2.45, 2.75) is 24.8 Å². The molecule has 0 N–H and O–H groups in total. The van der Waals surface area contributed by atoms with Crippen LogP contribution in [0.25, 0.3) is 0 Å². The van der Waals surface area contributed by atoms with Crippen LogP contribution in [0.5, 0.6) is 5.75 Å². The molecule has 7 heteroatoms. The first-order valence-corrected chi connectivity index (χ1v) is 8.44. The maximum atomic E-state index is 12.5. The number of halogens is 1. The number of benzene rings is 1. The van der Waals surface area contributed by atoms with E-state index in [2.05, 4.69) is 15.9 Å². The van der Waals surface area contributed by atoms with Gasteiger partial charge in [-0.3, -0.25) is 0 Å². The van der Waals surface area contributed by atoms with Crippen molar-refractivity contribution in [3.63, 3.8) is 0 Å². The summed E-state index contributed by atoms with van der Waals surface area (Å²) in [5.74, 6) is 0.324. The summed E-state index contributed by atoms with van der Waals surface area (Å²) in [7, 11) is -0.628. The SMILES string of the molecule is COc1ccc(Br)cc1S(=O)(=O)N(C)CCOC(C)C. The van der Waals surface area contributed by atoms with E-state index in [-0.39, 0.29) is 17.5 Å². The van der Waals surface area contributed by atoms with Crippen LogP contribution in [0.4, 0.5) is 0 Å². The lowest BCUT2D eigenvalue weighted by Crippen LogP contribution is -2.31. The Morgan fingerprint density at radius 2 is 2.00 bits per heavy atom. The number of rotatable bonds is 7. The Balaban J connectivity index is 2.95. The zero-order valence-electron chi connectivity index (χ0n) is 12.1. The van der Waals surface area contributed by atoms with Crippen LogP contribution in [0.2, 0.25) is 0 Å². The zero-order valence-corrected chi connectivity index (χ0v) is 14.5. The van der Waals surface area contributed by atoms with Gasteiger partial charge in [0, 0.05) is 18.1 Å². The molecule has 0 heterocycles. The molecule has 0 radical (unpaired) electrons. The molecule has 0 unspecified atom stereocenters. The van der Waals surface area contributed by atoms with Gasteiger partial charge in [0.2, 0.25) is 10.0 Å². The van der Waals surface area contributed by atoms with Crippen molar-refractivity contribution in [3.8, 4) is 5.75 Å². The first kappa shape index (κ1) is 17.4. The van der Waals surface area contributed by atoms with E-state index in [1.165, 1.54) is 24.5 Å². The second-order valence-electron chi connectivity index (χ2n) is 4.54. The third-order valence-electron chi connectivity index (χ3n) is 2.67. The van der Waals surface area contributed by atoms with Gasteiger partial charge in [0.05, 0.1) is 19.8 Å². The number of hydrogen-bond acceptors (Lipinski definition) is 4. The number of hydrogen-bond donors (Lipinski definition) is 0. The summed E-state index contributed by atoms with van der Waals surface area (Å²) < 4.78 is 37.5. The molecule has 1 rings (SSSR count). The number of ether oxygens (including phenoxy) is 2. The van der Waals surface area contributed by atoms with Gasteiger partial charge in [-0.05, 0) is 32.0 Å². The molecule has 20 heavy (non-hydrogen) atoms. The van der Waals surface area contributed by atoms with Gasteiger partial charge in [0.1, 0.15) is 10.6 Å². The first-order chi connectivity index (χ1) is 9.28. The van der Waals surface area contributed by atoms with Crippen molar-refractivity contribution >= 4 is 26.0 Å². The van der Waals surface area contributed by atoms with Gasteiger partial charge in [0.25, 0.3) is 0 Å². The maximum absolute atomic E-state index is 12.5. The normalized spacial score (nSPS) is 12.2. The van der Waals surface area contributed by atoms with Crippen molar-refractivity contribution in [1.82, 2.24) is 4.31 Å². The van der Waals surface area contributed by atoms with Gasteiger partial charge in [-0.15, -0.1) is 0 Å². The molecule has 0 amide bonds. The van der Waals surface area contributed by atoms with E-state index in [1.807, 2.05) is 13.8 Å². The average molecular weight is 366 g/mol. The van der Waals surface area contributed by atoms with Crippen LogP contribution in [0.15, 0.2) is 27.6 Å². The van der Waals surface area contributed by atoms with Gasteiger partial charge in [-0.1, -0.05) is 15.9 Å². The van der Waals surface area contributed by atoms with Gasteiger partial charge in [-0.25, -0.2) is 8.42 Å². The molecule has 0 bridgehead atoms. The minimum atomic E-state index is -3.60. The van der Waals surface area contributed by atoms with E-state index in [4.69, 9.17) is 9.47 Å². The first-order valence-electron chi connectivity index (χ1n) is 6.20. The number of likely N-dealkylation sites (N-methyl/N-ethyl adjacent to an activating group) is 1. The lowest BCUT2D eigenvalue weighted by Gasteiger charge is -2.19. The van der Waals surface area contributed by atoms with Crippen LogP contribution in [-0.2, 0) is 14.8 Å². The predicted molar refractivity (Wildman–Crippen MR) is 81.6 cm³/mol. The number of nitrogens with zero attached hydrogens (tertiary/aromatic N) is 1. The Labute approximate surface area is 129 Å². The summed E-state index contributed by atoms with van der Waals surface area (Å²) in [6.45, 7) is 4.46. The van der Waals surface area contributed by atoms with Crippen LogP contribution in [0.3, 0.4) is 0 Å². The second kappa shape index (κ2) is 7.40. The molecule has 0 aromatic heterocycles. The van der Waals surface area contributed by atoms with E-state index in [1.54, 1.807) is 12.1 Å². The molecule has 114 valence electrons. The van der Waals surface area contributed by atoms with Crippen LogP contribution < -0.4 is 4.74 Å². The van der Waals surface area contributed by atoms with E-state index in [9.17, 15) is 8.42 Å². The van der Waals surface area contributed by atoms with Crippen LogP contribution in [0, 0.1) is 0 Å². The molecule has 5 nitrogen and oxygen atoms in total. The molecule has 1 aromatic rings. The fourth-order valence-electron chi connectivity index (χ4n) is 1.56. The van der Waals surface area contributed by atoms with Gasteiger partial charge >= 0.3 is 0 Å². The van der Waals surface area contributed by atoms with E-state index in [0.717, 1.165) is 0 Å². The highest BCUT2D eigenvalue weighted by molar-refractivity contribution is 9.10. The van der Waals surface area contributed by atoms with E-state index >= 15 is 0 Å². The highest BCUT2D eigenvalue weighted by atomic mass is 79.9. The fraction of sp³-hybridized carbons (Fsp3) is 0.538. The molecular weight excluding hydrogens is 346 g/mol. The van der Waals surface area contributed by atoms with Gasteiger partial charge < -0.3 is 9.47 Å². The topological polar surface area (TPSA) is 55.8 Å². The molecule has 0 fully saturated rings. The predicted octanol–water partition coefficient (Wildman–Crippen LogP) is 2.50. The number of sulfonamides is 1. The van der Waals surface area contributed by atoms with Crippen molar-refractivity contribution < 1.29 is 17.9 Å². The molecule has 0 saturated heterocycles. The lowest BCUT2D eigenvalue weighted by atomic mass is 10.3. The van der Waals surface area contributed by atoms with Crippen LogP contribution in [0.1, 0.15) is 13.8 Å². The summed E-state index contributed by atoms with van der Waals surface area (Å²) >= 11 is 3.28. The Hall–Kier alpha value is -0.630. The monoisotopic (exact) mass is 365 g/mol. The third-order valence-corrected chi connectivity index (χ3v) is 5.04. The van der Waals surface area contributed by atoms with Crippen molar-refractivity contribution in [3.05, 3.63) is 22.7 Å². The molecule has 1 aromatic carbocycles. The largest absolute Gasteiger partial charge is 0.495 e. The minimum Gasteiger partial charge on any atom is -0.495 e. The highest BCUT2D eigenvalue weighted by Crippen LogP contribution is 2.29. The van der Waals surface area contributed by atoms with Gasteiger partial charge in [-0.2, -0.15) is 4.31 Å². The van der Waals surface area contributed by atoms with Crippen molar-refractivity contribution in [2.24, 2.45) is 0 Å². The fourth-order valence-corrected chi connectivity index (χ4v) is 3.40. The maximum Gasteiger partial charge on any atom is 0.246 e. The Kier molecular flexibility index (Phi) is 6.44. The van der Waals surface area contributed by atoms with Gasteiger partial charge in [0.15, 0.2) is 0 Å². The standard InChI is InChI=1S/C13H20BrNO4S/c1-10(2)19-8-7-15(3)20(16,17)13-9-11(14)5-6-12(13)18-4/h5-6,9-10H,7-8H2,1-4H3. The quantitative estimate of drug-likeness (QED) is 0.744. The molecule has 0 saturated carbocycles. The van der Waals surface area contributed by atoms with Crippen LogP contribution in [-0.4, -0.2) is 46.1 Å². The molecule has 0 aliphatic heterocycles. The number of methoxy groups -OCH3 is 1. The Morgan fingerprint density at radius 1 is 1.35 bits per heavy atom. The summed E-state index contributed by atoms with van der Waals surface area (Å²) in [6.07, 6.45) is 0.0755. The lowest BCUT2D eigenvalue weighted by molar-refractivity contribution is 0.0737. The van der Waals surface area contributed by atoms with Crippen molar-refractivity contribution in [2.75, 3.05) is 27.3 Å². The van der Waals surface area contributed by atoms with E-state index < -0.39 is 10.0 Å². The summed E-state index contributed by atoms with van der Waals surface area (Å²) in [5, 5.41) is 0. The zero-order chi connectivity index (χ0) is 15.3. The summed E-state index contributed by atoms with van der Waals surface area (Å²) in [4.78, 5) is 0.140. The second-order valence-corrected chi connectivity index (χ2v) is 7.47. The highest BCUT2D eigenvalue weighted by Gasteiger charge is 2.24. The smallest absolute Gasteiger partial charge is 0.246 e. The van der Waals surface area contributed by atoms with E-state index in [0.29, 0.717) is 16.8 Å². The molecular formula is C13H20BrNO4S. The molecule has 0 aliphatic rings. The molecule has 0 spiro atoms. The Bertz CT molecular complexity index is 545.